The van der Waals surface area contributed by atoms with Gasteiger partial charge in [-0.05, 0) is 179 Å². The molecule has 4 aliphatic rings. The van der Waals surface area contributed by atoms with Gasteiger partial charge in [-0.2, -0.15) is 0 Å². The highest BCUT2D eigenvalue weighted by Gasteiger charge is 2.49. The highest BCUT2D eigenvalue weighted by atomic mass is 15.2. The van der Waals surface area contributed by atoms with Crippen molar-refractivity contribution in [1.29, 1.82) is 0 Å². The first kappa shape index (κ1) is 45.8. The topological polar surface area (TPSA) is 6.48 Å². The fraction of sp³-hybridized carbons (Fsp3) is 0.438. The average Bonchev–Trinajstić information content (AvgIpc) is 3.52. The minimum atomic E-state index is -0.0231. The summed E-state index contributed by atoms with van der Waals surface area (Å²) in [5.41, 5.74) is 27.3. The Hall–Kier alpha value is -5.02. The smallest absolute Gasteiger partial charge is 0.252 e. The van der Waals surface area contributed by atoms with Gasteiger partial charge in [0.2, 0.25) is 0 Å². The number of rotatable bonds is 3. The summed E-state index contributed by atoms with van der Waals surface area (Å²) >= 11 is 0. The van der Waals surface area contributed by atoms with Gasteiger partial charge in [0.05, 0.1) is 5.69 Å². The summed E-state index contributed by atoms with van der Waals surface area (Å²) in [6.45, 7) is 45.5. The monoisotopic (exact) mass is 885 g/mol. The number of nitrogens with zero attached hydrogens (tertiary/aromatic N) is 2. The van der Waals surface area contributed by atoms with E-state index in [1.54, 1.807) is 0 Å². The van der Waals surface area contributed by atoms with E-state index in [2.05, 4.69) is 238 Å². The van der Waals surface area contributed by atoms with E-state index in [1.165, 1.54) is 112 Å². The molecule has 0 unspecified atom stereocenters. The zero-order valence-electron chi connectivity index (χ0n) is 44.6. The van der Waals surface area contributed by atoms with E-state index in [0.29, 0.717) is 0 Å². The van der Waals surface area contributed by atoms with Crippen molar-refractivity contribution in [3.05, 3.63) is 147 Å². The molecule has 2 nitrogen and oxygen atoms in total. The van der Waals surface area contributed by atoms with Crippen LogP contribution in [0.5, 0.6) is 0 Å². The Kier molecular flexibility index (Phi) is 9.75. The largest absolute Gasteiger partial charge is 0.311 e. The van der Waals surface area contributed by atoms with E-state index >= 15 is 0 Å². The Morgan fingerprint density at radius 1 is 0.403 bits per heavy atom. The number of hydrogen-bond acceptors (Lipinski definition) is 2. The Bertz CT molecular complexity index is 3060. The van der Waals surface area contributed by atoms with Gasteiger partial charge < -0.3 is 9.80 Å². The Morgan fingerprint density at radius 3 is 1.45 bits per heavy atom. The second-order valence-corrected chi connectivity index (χ2v) is 27.2. The van der Waals surface area contributed by atoms with Crippen molar-refractivity contribution in [1.82, 2.24) is 0 Å². The maximum atomic E-state index is 2.72. The molecule has 0 saturated carbocycles. The van der Waals surface area contributed by atoms with Crippen LogP contribution in [0, 0.1) is 13.8 Å². The molecule has 2 aliphatic carbocycles. The summed E-state index contributed by atoms with van der Waals surface area (Å²) in [6, 6.07) is 39.9. The molecule has 0 spiro atoms. The van der Waals surface area contributed by atoms with Crippen LogP contribution in [0.3, 0.4) is 0 Å². The van der Waals surface area contributed by atoms with Crippen molar-refractivity contribution >= 4 is 57.2 Å². The van der Waals surface area contributed by atoms with Crippen LogP contribution in [-0.2, 0) is 37.9 Å². The number of benzene rings is 6. The number of fused-ring (bicyclic) bond motifs is 6. The first-order valence-electron chi connectivity index (χ1n) is 25.4. The van der Waals surface area contributed by atoms with Crippen LogP contribution in [0.25, 0.3) is 11.1 Å². The van der Waals surface area contributed by atoms with Crippen LogP contribution >= 0.6 is 0 Å². The van der Waals surface area contributed by atoms with E-state index < -0.39 is 0 Å². The highest BCUT2D eigenvalue weighted by molar-refractivity contribution is 7.00. The lowest BCUT2D eigenvalue weighted by molar-refractivity contribution is 0.403. The van der Waals surface area contributed by atoms with E-state index in [9.17, 15) is 0 Å². The molecular weight excluding hydrogens is 808 g/mol. The molecule has 67 heavy (non-hydrogen) atoms. The minimum Gasteiger partial charge on any atom is -0.311 e. The molecule has 0 saturated heterocycles. The minimum absolute atomic E-state index is 0.00225. The second kappa shape index (κ2) is 14.3. The molecule has 346 valence electrons. The molecule has 2 aliphatic heterocycles. The van der Waals surface area contributed by atoms with Gasteiger partial charge in [0.25, 0.3) is 6.71 Å². The SMILES string of the molecule is Cc1cc2c3c(c1)N(c1ccc(C(C)(C)C)cc1-c1ccc4c(c1)C(C)(C)CC4(C)C)c1cc4c(cc1B3c1ccc(C(C)(C)C)cc1N2c1cc(C(C)(C)C)ccc1C)C(C)(C)CC4(C)C. The van der Waals surface area contributed by atoms with Crippen molar-refractivity contribution < 1.29 is 0 Å². The fourth-order valence-corrected chi connectivity index (χ4v) is 13.5. The van der Waals surface area contributed by atoms with Gasteiger partial charge in [-0.25, -0.2) is 0 Å². The average molecular weight is 885 g/mol. The Labute approximate surface area is 405 Å². The van der Waals surface area contributed by atoms with Crippen LogP contribution in [0.1, 0.15) is 181 Å². The molecule has 0 N–H and O–H groups in total. The first-order chi connectivity index (χ1) is 30.9. The van der Waals surface area contributed by atoms with Crippen molar-refractivity contribution in [3.63, 3.8) is 0 Å². The lowest BCUT2D eigenvalue weighted by Crippen LogP contribution is -2.61. The molecule has 6 aromatic carbocycles. The molecule has 10 rings (SSSR count). The summed E-state index contributed by atoms with van der Waals surface area (Å²) in [5.74, 6) is 0. The molecule has 0 radical (unpaired) electrons. The van der Waals surface area contributed by atoms with Crippen molar-refractivity contribution in [2.45, 2.75) is 182 Å². The molecule has 0 amide bonds. The van der Waals surface area contributed by atoms with Gasteiger partial charge >= 0.3 is 0 Å². The van der Waals surface area contributed by atoms with Crippen LogP contribution < -0.4 is 26.2 Å². The molecule has 0 aromatic heterocycles. The van der Waals surface area contributed by atoms with Gasteiger partial charge in [0.15, 0.2) is 0 Å². The number of anilines is 6. The Balaban J connectivity index is 1.34. The van der Waals surface area contributed by atoms with Crippen LogP contribution in [0.15, 0.2) is 97.1 Å². The van der Waals surface area contributed by atoms with Crippen molar-refractivity contribution in [2.24, 2.45) is 0 Å². The predicted molar refractivity (Wildman–Crippen MR) is 293 cm³/mol. The third-order valence-electron chi connectivity index (χ3n) is 16.7. The summed E-state index contributed by atoms with van der Waals surface area (Å²) in [6.07, 6.45) is 2.27. The molecule has 0 bridgehead atoms. The second-order valence-electron chi connectivity index (χ2n) is 27.2. The molecule has 6 aromatic rings. The lowest BCUT2D eigenvalue weighted by Gasteiger charge is -2.46. The Morgan fingerprint density at radius 2 is 0.866 bits per heavy atom. The maximum absolute atomic E-state index is 2.72. The molecule has 3 heteroatoms. The molecule has 0 atom stereocenters. The molecule has 0 fully saturated rings. The predicted octanol–water partition coefficient (Wildman–Crippen LogP) is 15.9. The lowest BCUT2D eigenvalue weighted by atomic mass is 9.33. The molecular formula is C64H77BN2. The van der Waals surface area contributed by atoms with Gasteiger partial charge in [-0.3, -0.25) is 0 Å². The number of hydrogen-bond donors (Lipinski definition) is 0. The van der Waals surface area contributed by atoms with Crippen molar-refractivity contribution in [2.75, 3.05) is 9.80 Å². The van der Waals surface area contributed by atoms with E-state index in [0.717, 1.165) is 12.8 Å². The van der Waals surface area contributed by atoms with Crippen molar-refractivity contribution in [3.8, 4) is 11.1 Å². The fourth-order valence-electron chi connectivity index (χ4n) is 13.5. The standard InChI is InChI=1S/C64H77BN2/c1-38-28-55-57-56(29-38)67(52-32-42(59(6,7)8)22-20-39(52)2)53-33-43(60(9,10)11)23-26-49(53)65(57)50-34-47-48(64(18,19)37-63(47,16)17)35-54(50)66(55)51-27-24-41(58(3,4)5)31-44(51)40-21-25-45-46(30-40)62(14,15)36-61(45,12)13/h20-35H,36-37H2,1-19H3. The third-order valence-corrected chi connectivity index (χ3v) is 16.7. The third kappa shape index (κ3) is 7.09. The summed E-state index contributed by atoms with van der Waals surface area (Å²) in [7, 11) is 0. The van der Waals surface area contributed by atoms with E-state index in [1.807, 2.05) is 0 Å². The zero-order valence-corrected chi connectivity index (χ0v) is 44.6. The van der Waals surface area contributed by atoms with E-state index in [-0.39, 0.29) is 44.6 Å². The maximum Gasteiger partial charge on any atom is 0.252 e. The quantitative estimate of drug-likeness (QED) is 0.163. The van der Waals surface area contributed by atoms with Gasteiger partial charge in [0.1, 0.15) is 0 Å². The summed E-state index contributed by atoms with van der Waals surface area (Å²) in [5, 5.41) is 0. The number of aryl methyl sites for hydroxylation is 2. The summed E-state index contributed by atoms with van der Waals surface area (Å²) in [4.78, 5) is 5.38. The normalized spacial score (nSPS) is 18.3. The highest BCUT2D eigenvalue weighted by Crippen LogP contribution is 2.55. The van der Waals surface area contributed by atoms with Crippen LogP contribution in [0.2, 0.25) is 0 Å². The van der Waals surface area contributed by atoms with Crippen LogP contribution in [0.4, 0.5) is 34.1 Å². The van der Waals surface area contributed by atoms with E-state index in [4.69, 9.17) is 0 Å². The first-order valence-corrected chi connectivity index (χ1v) is 25.4. The van der Waals surface area contributed by atoms with Crippen LogP contribution in [-0.4, -0.2) is 6.71 Å². The van der Waals surface area contributed by atoms with Gasteiger partial charge in [-0.1, -0.05) is 172 Å². The van der Waals surface area contributed by atoms with Gasteiger partial charge in [-0.15, -0.1) is 0 Å². The molecule has 2 heterocycles. The zero-order chi connectivity index (χ0) is 48.5. The summed E-state index contributed by atoms with van der Waals surface area (Å²) < 4.78 is 0. The van der Waals surface area contributed by atoms with Gasteiger partial charge in [0, 0.05) is 34.0 Å².